The molecule has 0 radical (unpaired) electrons. The minimum atomic E-state index is -0.220. The molecule has 5 heteroatoms. The summed E-state index contributed by atoms with van der Waals surface area (Å²) in [6, 6.07) is 10.7. The number of hydrogen-bond acceptors (Lipinski definition) is 3. The highest BCUT2D eigenvalue weighted by Gasteiger charge is 2.21. The van der Waals surface area contributed by atoms with E-state index in [2.05, 4.69) is 0 Å². The van der Waals surface area contributed by atoms with Gasteiger partial charge in [-0.25, -0.2) is 4.39 Å². The molecule has 0 unspecified atom stereocenters. The molecular formula is C22H25FN2O2. The number of halogens is 1. The Hall–Kier alpha value is -2.82. The molecule has 0 N–H and O–H groups in total. The molecule has 1 aliphatic heterocycles. The number of benzene rings is 2. The van der Waals surface area contributed by atoms with Crippen LogP contribution in [0.1, 0.15) is 16.7 Å². The molecule has 0 bridgehead atoms. The van der Waals surface area contributed by atoms with E-state index in [9.17, 15) is 9.18 Å². The van der Waals surface area contributed by atoms with Gasteiger partial charge in [-0.05, 0) is 60.9 Å². The molecule has 0 aromatic heterocycles. The number of hydrogen-bond donors (Lipinski definition) is 0. The lowest BCUT2D eigenvalue weighted by Gasteiger charge is -2.35. The summed E-state index contributed by atoms with van der Waals surface area (Å²) in [5, 5.41) is 0. The van der Waals surface area contributed by atoms with Gasteiger partial charge < -0.3 is 14.5 Å². The molecule has 1 fully saturated rings. The summed E-state index contributed by atoms with van der Waals surface area (Å²) in [5.74, 6) is 0.582. The Balaban J connectivity index is 1.63. The lowest BCUT2D eigenvalue weighted by Crippen LogP contribution is -2.48. The first-order chi connectivity index (χ1) is 13.0. The zero-order valence-electron chi connectivity index (χ0n) is 16.0. The minimum Gasteiger partial charge on any atom is -0.497 e. The molecule has 0 aliphatic carbocycles. The fourth-order valence-electron chi connectivity index (χ4n) is 3.45. The maximum absolute atomic E-state index is 13.9. The summed E-state index contributed by atoms with van der Waals surface area (Å²) in [7, 11) is 1.65. The highest BCUT2D eigenvalue weighted by atomic mass is 19.1. The number of piperazine rings is 1. The number of carbonyl (C=O) groups is 1. The first-order valence-corrected chi connectivity index (χ1v) is 9.11. The van der Waals surface area contributed by atoms with E-state index >= 15 is 0 Å². The third-order valence-electron chi connectivity index (χ3n) is 4.98. The van der Waals surface area contributed by atoms with Crippen LogP contribution in [0.3, 0.4) is 0 Å². The van der Waals surface area contributed by atoms with Gasteiger partial charge in [0.2, 0.25) is 5.91 Å². The molecule has 2 aromatic carbocycles. The molecular weight excluding hydrogens is 343 g/mol. The van der Waals surface area contributed by atoms with Gasteiger partial charge in [0.05, 0.1) is 12.8 Å². The van der Waals surface area contributed by atoms with Gasteiger partial charge in [0.15, 0.2) is 0 Å². The molecule has 1 heterocycles. The molecule has 0 saturated carbocycles. The van der Waals surface area contributed by atoms with Crippen LogP contribution in [0.5, 0.6) is 5.75 Å². The number of amides is 1. The number of para-hydroxylation sites is 1. The molecule has 27 heavy (non-hydrogen) atoms. The Morgan fingerprint density at radius 1 is 1.07 bits per heavy atom. The maximum atomic E-state index is 13.9. The van der Waals surface area contributed by atoms with Gasteiger partial charge in [-0.1, -0.05) is 12.1 Å². The lowest BCUT2D eigenvalue weighted by molar-refractivity contribution is -0.126. The van der Waals surface area contributed by atoms with Crippen molar-refractivity contribution in [3.8, 4) is 5.75 Å². The van der Waals surface area contributed by atoms with Crippen molar-refractivity contribution in [3.05, 3.63) is 65.0 Å². The van der Waals surface area contributed by atoms with E-state index in [1.807, 2.05) is 47.9 Å². The van der Waals surface area contributed by atoms with Crippen LogP contribution in [0.15, 0.2) is 42.5 Å². The smallest absolute Gasteiger partial charge is 0.246 e. The van der Waals surface area contributed by atoms with Crippen molar-refractivity contribution in [2.75, 3.05) is 38.2 Å². The van der Waals surface area contributed by atoms with E-state index in [0.29, 0.717) is 31.9 Å². The van der Waals surface area contributed by atoms with Crippen LogP contribution in [0.25, 0.3) is 6.08 Å². The van der Waals surface area contributed by atoms with Crippen molar-refractivity contribution in [2.45, 2.75) is 13.8 Å². The summed E-state index contributed by atoms with van der Waals surface area (Å²) in [5.41, 5.74) is 3.78. The number of anilines is 1. The van der Waals surface area contributed by atoms with E-state index in [0.717, 1.165) is 22.4 Å². The average molecular weight is 368 g/mol. The Morgan fingerprint density at radius 2 is 1.70 bits per heavy atom. The topological polar surface area (TPSA) is 32.8 Å². The SMILES string of the molecule is COc1cc(C)c(/C=C/C(=O)N2CCN(c3ccccc3F)CC2)c(C)c1. The van der Waals surface area contributed by atoms with Crippen LogP contribution in [0.2, 0.25) is 0 Å². The summed E-state index contributed by atoms with van der Waals surface area (Å²) in [6.45, 7) is 6.43. The molecule has 4 nitrogen and oxygen atoms in total. The molecule has 3 rings (SSSR count). The lowest BCUT2D eigenvalue weighted by atomic mass is 10.0. The molecule has 142 valence electrons. The van der Waals surface area contributed by atoms with E-state index < -0.39 is 0 Å². The summed E-state index contributed by atoms with van der Waals surface area (Å²) in [4.78, 5) is 16.3. The van der Waals surface area contributed by atoms with Gasteiger partial charge in [-0.15, -0.1) is 0 Å². The molecule has 0 spiro atoms. The number of aryl methyl sites for hydroxylation is 2. The number of methoxy groups -OCH3 is 1. The Kier molecular flexibility index (Phi) is 5.79. The highest BCUT2D eigenvalue weighted by Crippen LogP contribution is 2.23. The zero-order valence-corrected chi connectivity index (χ0v) is 16.0. The van der Waals surface area contributed by atoms with Crippen LogP contribution >= 0.6 is 0 Å². The van der Waals surface area contributed by atoms with E-state index in [1.165, 1.54) is 6.07 Å². The highest BCUT2D eigenvalue weighted by molar-refractivity contribution is 5.92. The van der Waals surface area contributed by atoms with Gasteiger partial charge in [-0.3, -0.25) is 4.79 Å². The van der Waals surface area contributed by atoms with Crippen LogP contribution in [-0.2, 0) is 4.79 Å². The third kappa shape index (κ3) is 4.30. The summed E-state index contributed by atoms with van der Waals surface area (Å²) in [6.07, 6.45) is 3.50. The van der Waals surface area contributed by atoms with Crippen molar-refractivity contribution in [1.29, 1.82) is 0 Å². The second kappa shape index (κ2) is 8.25. The fourth-order valence-corrected chi connectivity index (χ4v) is 3.45. The molecule has 1 saturated heterocycles. The van der Waals surface area contributed by atoms with Crippen molar-refractivity contribution < 1.29 is 13.9 Å². The fraction of sp³-hybridized carbons (Fsp3) is 0.318. The predicted molar refractivity (Wildman–Crippen MR) is 107 cm³/mol. The van der Waals surface area contributed by atoms with E-state index in [-0.39, 0.29) is 11.7 Å². The van der Waals surface area contributed by atoms with Gasteiger partial charge in [0.1, 0.15) is 11.6 Å². The van der Waals surface area contributed by atoms with E-state index in [4.69, 9.17) is 4.74 Å². The Labute approximate surface area is 159 Å². The quantitative estimate of drug-likeness (QED) is 0.770. The van der Waals surface area contributed by atoms with E-state index in [1.54, 1.807) is 25.3 Å². The number of carbonyl (C=O) groups excluding carboxylic acids is 1. The van der Waals surface area contributed by atoms with Crippen LogP contribution in [-0.4, -0.2) is 44.1 Å². The van der Waals surface area contributed by atoms with Crippen LogP contribution in [0.4, 0.5) is 10.1 Å². The third-order valence-corrected chi connectivity index (χ3v) is 4.98. The second-order valence-electron chi connectivity index (χ2n) is 6.77. The standard InChI is InChI=1S/C22H25FN2O2/c1-16-14-18(27-3)15-17(2)19(16)8-9-22(26)25-12-10-24(11-13-25)21-7-5-4-6-20(21)23/h4-9,14-15H,10-13H2,1-3H3/b9-8+. The van der Waals surface area contributed by atoms with Gasteiger partial charge in [-0.2, -0.15) is 0 Å². The molecule has 2 aromatic rings. The average Bonchev–Trinajstić information content (AvgIpc) is 2.67. The van der Waals surface area contributed by atoms with Gasteiger partial charge in [0, 0.05) is 32.3 Å². The van der Waals surface area contributed by atoms with Crippen molar-refractivity contribution in [3.63, 3.8) is 0 Å². The predicted octanol–water partition coefficient (Wildman–Crippen LogP) is 3.81. The van der Waals surface area contributed by atoms with Gasteiger partial charge >= 0.3 is 0 Å². The first-order valence-electron chi connectivity index (χ1n) is 9.11. The summed E-state index contributed by atoms with van der Waals surface area (Å²) < 4.78 is 19.2. The number of rotatable bonds is 4. The maximum Gasteiger partial charge on any atom is 0.246 e. The monoisotopic (exact) mass is 368 g/mol. The zero-order chi connectivity index (χ0) is 19.4. The van der Waals surface area contributed by atoms with Crippen molar-refractivity contribution in [2.24, 2.45) is 0 Å². The van der Waals surface area contributed by atoms with Gasteiger partial charge in [0.25, 0.3) is 0 Å². The largest absolute Gasteiger partial charge is 0.497 e. The summed E-state index contributed by atoms with van der Waals surface area (Å²) >= 11 is 0. The second-order valence-corrected chi connectivity index (χ2v) is 6.77. The van der Waals surface area contributed by atoms with Crippen LogP contribution < -0.4 is 9.64 Å². The van der Waals surface area contributed by atoms with Crippen molar-refractivity contribution >= 4 is 17.7 Å². The molecule has 0 atom stereocenters. The first kappa shape index (κ1) is 19.0. The minimum absolute atomic E-state index is 0.0159. The molecule has 1 amide bonds. The van der Waals surface area contributed by atoms with Crippen LogP contribution in [0, 0.1) is 19.7 Å². The Bertz CT molecular complexity index is 832. The Morgan fingerprint density at radius 3 is 2.30 bits per heavy atom. The van der Waals surface area contributed by atoms with Crippen molar-refractivity contribution in [1.82, 2.24) is 4.90 Å². The number of ether oxygens (including phenoxy) is 1. The molecule has 1 aliphatic rings. The number of nitrogens with zero attached hydrogens (tertiary/aromatic N) is 2. The normalized spacial score (nSPS) is 14.7.